The molecule has 142 valence electrons. The molecule has 1 heterocycles. The summed E-state index contributed by atoms with van der Waals surface area (Å²) in [5, 5.41) is 4.09. The van der Waals surface area contributed by atoms with Crippen LogP contribution in [-0.2, 0) is 10.0 Å². The van der Waals surface area contributed by atoms with Gasteiger partial charge in [-0.1, -0.05) is 41.2 Å². The molecule has 0 aliphatic heterocycles. The molecule has 0 fully saturated rings. The Morgan fingerprint density at radius 1 is 0.929 bits per heavy atom. The van der Waals surface area contributed by atoms with Gasteiger partial charge in [-0.25, -0.2) is 13.4 Å². The van der Waals surface area contributed by atoms with Crippen molar-refractivity contribution in [2.45, 2.75) is 18.7 Å². The summed E-state index contributed by atoms with van der Waals surface area (Å²) in [5.74, 6) is 0. The number of benzene rings is 3. The van der Waals surface area contributed by atoms with Crippen molar-refractivity contribution in [2.24, 2.45) is 0 Å². The number of rotatable bonds is 5. The van der Waals surface area contributed by atoms with Crippen molar-refractivity contribution in [1.82, 2.24) is 4.98 Å². The lowest BCUT2D eigenvalue weighted by molar-refractivity contribution is 0.601. The van der Waals surface area contributed by atoms with Crippen LogP contribution in [-0.4, -0.2) is 13.4 Å². The second-order valence-corrected chi connectivity index (χ2v) is 9.27. The minimum Gasteiger partial charge on any atom is -0.332 e. The first-order valence-electron chi connectivity index (χ1n) is 8.73. The van der Waals surface area contributed by atoms with Gasteiger partial charge in [-0.2, -0.15) is 0 Å². The van der Waals surface area contributed by atoms with E-state index in [4.69, 9.17) is 0 Å². The molecule has 0 bridgehead atoms. The molecule has 0 aliphatic carbocycles. The van der Waals surface area contributed by atoms with E-state index in [9.17, 15) is 8.42 Å². The van der Waals surface area contributed by atoms with Gasteiger partial charge in [0.2, 0.25) is 0 Å². The lowest BCUT2D eigenvalue weighted by Gasteiger charge is -2.12. The minimum atomic E-state index is -3.62. The number of nitrogens with zero attached hydrogens (tertiary/aromatic N) is 1. The first-order chi connectivity index (χ1) is 13.4. The highest BCUT2D eigenvalue weighted by atomic mass is 32.2. The fourth-order valence-electron chi connectivity index (χ4n) is 2.83. The van der Waals surface area contributed by atoms with Crippen molar-refractivity contribution in [2.75, 3.05) is 10.0 Å². The Labute approximate surface area is 168 Å². The number of sulfonamides is 1. The second kappa shape index (κ2) is 7.26. The number of thiazole rings is 1. The summed E-state index contributed by atoms with van der Waals surface area (Å²) in [6, 6.07) is 20.2. The number of nitrogens with one attached hydrogen (secondary N) is 2. The number of anilines is 3. The molecule has 0 atom stereocenters. The Morgan fingerprint density at radius 3 is 2.39 bits per heavy atom. The summed E-state index contributed by atoms with van der Waals surface area (Å²) in [6.07, 6.45) is 0. The number of hydrogen-bond donors (Lipinski definition) is 2. The molecular weight excluding hydrogens is 390 g/mol. The number of para-hydroxylation sites is 1. The summed E-state index contributed by atoms with van der Waals surface area (Å²) in [4.78, 5) is 4.81. The van der Waals surface area contributed by atoms with Crippen LogP contribution in [0.5, 0.6) is 0 Å². The van der Waals surface area contributed by atoms with Crippen molar-refractivity contribution >= 4 is 48.1 Å². The van der Waals surface area contributed by atoms with E-state index in [1.165, 1.54) is 0 Å². The highest BCUT2D eigenvalue weighted by molar-refractivity contribution is 7.92. The average molecular weight is 410 g/mol. The molecular formula is C21H19N3O2S2. The fraction of sp³-hybridized carbons (Fsp3) is 0.0952. The van der Waals surface area contributed by atoms with E-state index in [0.717, 1.165) is 32.2 Å². The molecule has 2 N–H and O–H groups in total. The summed E-state index contributed by atoms with van der Waals surface area (Å²) >= 11 is 1.58. The number of aromatic nitrogens is 1. The standard InChI is InChI=1S/C21H19N3O2S2/c1-14-7-10-17(11-8-14)28(25,26)24-18-12-9-16(13-15(18)2)22-21-23-19-5-3-4-6-20(19)27-21/h3-13,24H,1-2H3,(H,22,23). The van der Waals surface area contributed by atoms with E-state index in [2.05, 4.69) is 15.0 Å². The smallest absolute Gasteiger partial charge is 0.261 e. The zero-order valence-corrected chi connectivity index (χ0v) is 17.1. The Bertz CT molecular complexity index is 1210. The van der Waals surface area contributed by atoms with Crippen LogP contribution in [0.25, 0.3) is 10.2 Å². The van der Waals surface area contributed by atoms with Crippen LogP contribution in [0.15, 0.2) is 71.6 Å². The fourth-order valence-corrected chi connectivity index (χ4v) is 4.84. The van der Waals surface area contributed by atoms with Gasteiger partial charge in [0.15, 0.2) is 5.13 Å². The normalized spacial score (nSPS) is 11.5. The maximum absolute atomic E-state index is 12.6. The minimum absolute atomic E-state index is 0.245. The van der Waals surface area contributed by atoms with Crippen molar-refractivity contribution in [3.05, 3.63) is 77.9 Å². The van der Waals surface area contributed by atoms with Crippen molar-refractivity contribution in [3.63, 3.8) is 0 Å². The van der Waals surface area contributed by atoms with E-state index in [1.807, 2.05) is 50.2 Å². The Balaban J connectivity index is 1.55. The van der Waals surface area contributed by atoms with Gasteiger partial charge in [-0.15, -0.1) is 0 Å². The first-order valence-corrected chi connectivity index (χ1v) is 11.0. The molecule has 0 radical (unpaired) electrons. The van der Waals surface area contributed by atoms with E-state index >= 15 is 0 Å². The van der Waals surface area contributed by atoms with Gasteiger partial charge in [0.05, 0.1) is 20.8 Å². The molecule has 0 unspecified atom stereocenters. The molecule has 28 heavy (non-hydrogen) atoms. The summed E-state index contributed by atoms with van der Waals surface area (Å²) in [6.45, 7) is 3.79. The van der Waals surface area contributed by atoms with E-state index in [0.29, 0.717) is 5.69 Å². The molecule has 4 aromatic rings. The summed E-state index contributed by atoms with van der Waals surface area (Å²) < 4.78 is 29.0. The van der Waals surface area contributed by atoms with Crippen LogP contribution in [0.4, 0.5) is 16.5 Å². The quantitative estimate of drug-likeness (QED) is 0.459. The third kappa shape index (κ3) is 3.85. The van der Waals surface area contributed by atoms with Gasteiger partial charge >= 0.3 is 0 Å². The zero-order valence-electron chi connectivity index (χ0n) is 15.4. The molecule has 0 aliphatic rings. The summed E-state index contributed by atoms with van der Waals surface area (Å²) in [5.41, 5.74) is 4.20. The van der Waals surface area contributed by atoms with Gasteiger partial charge in [0.1, 0.15) is 0 Å². The second-order valence-electron chi connectivity index (χ2n) is 6.56. The molecule has 0 saturated heterocycles. The van der Waals surface area contributed by atoms with Crippen molar-refractivity contribution < 1.29 is 8.42 Å². The zero-order chi connectivity index (χ0) is 19.7. The highest BCUT2D eigenvalue weighted by Gasteiger charge is 2.15. The van der Waals surface area contributed by atoms with E-state index in [1.54, 1.807) is 41.7 Å². The topological polar surface area (TPSA) is 71.1 Å². The van der Waals surface area contributed by atoms with Gasteiger partial charge in [0.25, 0.3) is 10.0 Å². The van der Waals surface area contributed by atoms with Crippen LogP contribution in [0.2, 0.25) is 0 Å². The highest BCUT2D eigenvalue weighted by Crippen LogP contribution is 2.30. The number of aryl methyl sites for hydroxylation is 2. The molecule has 0 spiro atoms. The van der Waals surface area contributed by atoms with E-state index in [-0.39, 0.29) is 4.90 Å². The summed E-state index contributed by atoms with van der Waals surface area (Å²) in [7, 11) is -3.62. The maximum atomic E-state index is 12.6. The van der Waals surface area contributed by atoms with Crippen LogP contribution >= 0.6 is 11.3 Å². The van der Waals surface area contributed by atoms with Gasteiger partial charge < -0.3 is 5.32 Å². The molecule has 7 heteroatoms. The molecule has 3 aromatic carbocycles. The molecule has 0 saturated carbocycles. The predicted molar refractivity (Wildman–Crippen MR) is 116 cm³/mol. The lowest BCUT2D eigenvalue weighted by atomic mass is 10.2. The van der Waals surface area contributed by atoms with Crippen LogP contribution in [0, 0.1) is 13.8 Å². The lowest BCUT2D eigenvalue weighted by Crippen LogP contribution is -2.13. The molecule has 0 amide bonds. The largest absolute Gasteiger partial charge is 0.332 e. The number of fused-ring (bicyclic) bond motifs is 1. The van der Waals surface area contributed by atoms with Crippen molar-refractivity contribution in [3.8, 4) is 0 Å². The van der Waals surface area contributed by atoms with Gasteiger partial charge in [0, 0.05) is 5.69 Å². The van der Waals surface area contributed by atoms with Gasteiger partial charge in [-0.05, 0) is 61.9 Å². The van der Waals surface area contributed by atoms with E-state index < -0.39 is 10.0 Å². The molecule has 1 aromatic heterocycles. The van der Waals surface area contributed by atoms with Crippen LogP contribution < -0.4 is 10.0 Å². The Morgan fingerprint density at radius 2 is 1.68 bits per heavy atom. The monoisotopic (exact) mass is 409 g/mol. The Kier molecular flexibility index (Phi) is 4.78. The average Bonchev–Trinajstić information content (AvgIpc) is 3.06. The van der Waals surface area contributed by atoms with Crippen LogP contribution in [0.1, 0.15) is 11.1 Å². The Hall–Kier alpha value is -2.90. The number of hydrogen-bond acceptors (Lipinski definition) is 5. The first kappa shape index (κ1) is 18.5. The maximum Gasteiger partial charge on any atom is 0.261 e. The SMILES string of the molecule is Cc1ccc(S(=O)(=O)Nc2ccc(Nc3nc4ccccc4s3)cc2C)cc1. The molecule has 5 nitrogen and oxygen atoms in total. The van der Waals surface area contributed by atoms with Crippen LogP contribution in [0.3, 0.4) is 0 Å². The third-order valence-electron chi connectivity index (χ3n) is 4.35. The predicted octanol–water partition coefficient (Wildman–Crippen LogP) is 5.46. The molecule has 4 rings (SSSR count). The van der Waals surface area contributed by atoms with Crippen molar-refractivity contribution in [1.29, 1.82) is 0 Å². The third-order valence-corrected chi connectivity index (χ3v) is 6.68. The van der Waals surface area contributed by atoms with Gasteiger partial charge in [-0.3, -0.25) is 4.72 Å².